The van der Waals surface area contributed by atoms with Crippen LogP contribution in [-0.2, 0) is 12.7 Å². The second-order valence-corrected chi connectivity index (χ2v) is 8.24. The van der Waals surface area contributed by atoms with Crippen LogP contribution in [0.2, 0.25) is 0 Å². The molecule has 3 aromatic rings. The van der Waals surface area contributed by atoms with Gasteiger partial charge in [-0.3, -0.25) is 4.98 Å². The number of rotatable bonds is 4. The molecule has 3 aromatic heterocycles. The molecule has 0 radical (unpaired) electrons. The number of hydrogen-bond donors (Lipinski definition) is 0. The summed E-state index contributed by atoms with van der Waals surface area (Å²) in [5.74, 6) is 1.18. The highest BCUT2D eigenvalue weighted by Gasteiger charge is 2.39. The van der Waals surface area contributed by atoms with E-state index in [9.17, 15) is 22.0 Å². The Balaban J connectivity index is 1.32. The molecule has 2 fully saturated rings. The Kier molecular flexibility index (Phi) is 5.09. The van der Waals surface area contributed by atoms with Crippen LogP contribution in [0.4, 0.5) is 33.5 Å². The molecule has 0 bridgehead atoms. The van der Waals surface area contributed by atoms with Gasteiger partial charge < -0.3 is 9.80 Å². The molecule has 0 spiro atoms. The molecule has 0 unspecified atom stereocenters. The molecule has 7 nitrogen and oxygen atoms in total. The summed E-state index contributed by atoms with van der Waals surface area (Å²) in [4.78, 5) is 16.6. The van der Waals surface area contributed by atoms with Crippen molar-refractivity contribution >= 4 is 22.7 Å². The predicted octanol–water partition coefficient (Wildman–Crippen LogP) is 3.47. The van der Waals surface area contributed by atoms with Gasteiger partial charge >= 0.3 is 6.18 Å². The Morgan fingerprint density at radius 1 is 1.00 bits per heavy atom. The molecular formula is C20H20F5N7. The van der Waals surface area contributed by atoms with Crippen LogP contribution in [0.5, 0.6) is 0 Å². The van der Waals surface area contributed by atoms with Gasteiger partial charge in [0.05, 0.1) is 29.8 Å². The fraction of sp³-hybridized carbons (Fsp3) is 0.500. The standard InChI is InChI=1S/C20H20F5N7/c21-17(22)11-32-19-16(6-28-32)27-7-18(29-19)30-2-1-12-8-31(10-13(12)9-30)15-3-14(4-26-5-15)20(23,24)25/h3-7,12-13,17H,1-2,8-11H2/t12-,13+/m1/s1. The van der Waals surface area contributed by atoms with Crippen LogP contribution in [0.3, 0.4) is 0 Å². The summed E-state index contributed by atoms with van der Waals surface area (Å²) in [5.41, 5.74) is 0.481. The van der Waals surface area contributed by atoms with Gasteiger partial charge in [-0.25, -0.2) is 23.4 Å². The average molecular weight is 453 g/mol. The lowest BCUT2D eigenvalue weighted by Gasteiger charge is -2.34. The first-order valence-corrected chi connectivity index (χ1v) is 10.3. The van der Waals surface area contributed by atoms with Gasteiger partial charge in [0, 0.05) is 32.4 Å². The Hall–Kier alpha value is -3.05. The Labute approximate surface area is 179 Å². The molecule has 0 N–H and O–H groups in total. The third kappa shape index (κ3) is 3.93. The molecule has 0 aliphatic carbocycles. The highest BCUT2D eigenvalue weighted by molar-refractivity contribution is 5.71. The first-order chi connectivity index (χ1) is 15.3. The van der Waals surface area contributed by atoms with Crippen LogP contribution in [0.15, 0.2) is 30.9 Å². The molecule has 170 valence electrons. The maximum absolute atomic E-state index is 13.0. The molecule has 5 heterocycles. The van der Waals surface area contributed by atoms with E-state index >= 15 is 0 Å². The molecule has 12 heteroatoms. The lowest BCUT2D eigenvalue weighted by Crippen LogP contribution is -2.40. The first-order valence-electron chi connectivity index (χ1n) is 10.3. The maximum atomic E-state index is 13.0. The Bertz CT molecular complexity index is 1120. The minimum atomic E-state index is -4.43. The Morgan fingerprint density at radius 3 is 2.56 bits per heavy atom. The number of piperidine rings is 1. The van der Waals surface area contributed by atoms with E-state index in [1.54, 1.807) is 6.20 Å². The summed E-state index contributed by atoms with van der Waals surface area (Å²) in [6.07, 6.45) is -0.798. The third-order valence-electron chi connectivity index (χ3n) is 6.18. The monoisotopic (exact) mass is 453 g/mol. The van der Waals surface area contributed by atoms with Crippen molar-refractivity contribution in [1.29, 1.82) is 0 Å². The molecular weight excluding hydrogens is 433 g/mol. The van der Waals surface area contributed by atoms with Crippen LogP contribution < -0.4 is 9.80 Å². The van der Waals surface area contributed by atoms with Gasteiger partial charge in [0.1, 0.15) is 17.9 Å². The normalized spacial score (nSPS) is 21.6. The number of aromatic nitrogens is 5. The molecule has 0 amide bonds. The lowest BCUT2D eigenvalue weighted by atomic mass is 9.89. The molecule has 0 aromatic carbocycles. The van der Waals surface area contributed by atoms with Crippen molar-refractivity contribution in [3.8, 4) is 0 Å². The molecule has 2 saturated heterocycles. The number of fused-ring (bicyclic) bond motifs is 2. The van der Waals surface area contributed by atoms with Crippen LogP contribution >= 0.6 is 0 Å². The summed E-state index contributed by atoms with van der Waals surface area (Å²) in [5, 5.41) is 3.94. The predicted molar refractivity (Wildman–Crippen MR) is 107 cm³/mol. The summed E-state index contributed by atoms with van der Waals surface area (Å²) in [6, 6.07) is 1.14. The van der Waals surface area contributed by atoms with Crippen LogP contribution in [-0.4, -0.2) is 57.3 Å². The summed E-state index contributed by atoms with van der Waals surface area (Å²) >= 11 is 0. The molecule has 2 aliphatic heterocycles. The van der Waals surface area contributed by atoms with Gasteiger partial charge in [-0.1, -0.05) is 0 Å². The summed E-state index contributed by atoms with van der Waals surface area (Å²) in [7, 11) is 0. The van der Waals surface area contributed by atoms with Crippen LogP contribution in [0.25, 0.3) is 11.2 Å². The molecule has 0 saturated carbocycles. The highest BCUT2D eigenvalue weighted by atomic mass is 19.4. The second kappa shape index (κ2) is 7.82. The van der Waals surface area contributed by atoms with Gasteiger partial charge in [-0.2, -0.15) is 18.3 Å². The van der Waals surface area contributed by atoms with E-state index in [1.165, 1.54) is 12.4 Å². The number of hydrogen-bond acceptors (Lipinski definition) is 6. The Morgan fingerprint density at radius 2 is 1.78 bits per heavy atom. The number of halogens is 5. The topological polar surface area (TPSA) is 63.0 Å². The van der Waals surface area contributed by atoms with Gasteiger partial charge in [-0.15, -0.1) is 0 Å². The van der Waals surface area contributed by atoms with Crippen molar-refractivity contribution in [1.82, 2.24) is 24.7 Å². The molecule has 5 rings (SSSR count). The second-order valence-electron chi connectivity index (χ2n) is 8.24. The zero-order chi connectivity index (χ0) is 22.5. The minimum absolute atomic E-state index is 0.238. The van der Waals surface area contributed by atoms with Gasteiger partial charge in [0.2, 0.25) is 0 Å². The molecule has 2 aliphatic rings. The van der Waals surface area contributed by atoms with Crippen LogP contribution in [0.1, 0.15) is 12.0 Å². The quantitative estimate of drug-likeness (QED) is 0.564. The number of nitrogens with zero attached hydrogens (tertiary/aromatic N) is 7. The van der Waals surface area contributed by atoms with E-state index in [2.05, 4.69) is 25.0 Å². The molecule has 2 atom stereocenters. The number of pyridine rings is 1. The van der Waals surface area contributed by atoms with Gasteiger partial charge in [0.25, 0.3) is 6.43 Å². The van der Waals surface area contributed by atoms with E-state index in [0.29, 0.717) is 54.8 Å². The van der Waals surface area contributed by atoms with Gasteiger partial charge in [0.15, 0.2) is 5.65 Å². The van der Waals surface area contributed by atoms with Crippen LogP contribution in [0, 0.1) is 11.8 Å². The van der Waals surface area contributed by atoms with Crippen molar-refractivity contribution in [3.63, 3.8) is 0 Å². The smallest absolute Gasteiger partial charge is 0.370 e. The SMILES string of the molecule is FC(F)Cn1ncc2ncc(N3CC[C@@H]4CN(c5cncc(C(F)(F)F)c5)C[C@@H]4C3)nc21. The van der Waals surface area contributed by atoms with Crippen molar-refractivity contribution in [2.45, 2.75) is 25.6 Å². The lowest BCUT2D eigenvalue weighted by molar-refractivity contribution is -0.137. The number of alkyl halides is 5. The first kappa shape index (κ1) is 20.8. The van der Waals surface area contributed by atoms with E-state index in [1.807, 2.05) is 4.90 Å². The van der Waals surface area contributed by atoms with Gasteiger partial charge in [-0.05, 0) is 24.3 Å². The zero-order valence-corrected chi connectivity index (χ0v) is 16.9. The van der Waals surface area contributed by atoms with Crippen molar-refractivity contribution in [3.05, 3.63) is 36.4 Å². The third-order valence-corrected chi connectivity index (χ3v) is 6.18. The zero-order valence-electron chi connectivity index (χ0n) is 16.9. The van der Waals surface area contributed by atoms with Crippen molar-refractivity contribution < 1.29 is 22.0 Å². The maximum Gasteiger partial charge on any atom is 0.417 e. The summed E-state index contributed by atoms with van der Waals surface area (Å²) < 4.78 is 65.9. The van der Waals surface area contributed by atoms with E-state index in [-0.39, 0.29) is 5.92 Å². The van der Waals surface area contributed by atoms with E-state index < -0.39 is 24.7 Å². The highest BCUT2D eigenvalue weighted by Crippen LogP contribution is 2.37. The molecule has 32 heavy (non-hydrogen) atoms. The largest absolute Gasteiger partial charge is 0.417 e. The average Bonchev–Trinajstić information content (AvgIpc) is 3.36. The number of anilines is 2. The fourth-order valence-corrected chi connectivity index (χ4v) is 4.60. The van der Waals surface area contributed by atoms with E-state index in [4.69, 9.17) is 0 Å². The van der Waals surface area contributed by atoms with Crippen molar-refractivity contribution in [2.24, 2.45) is 11.8 Å². The van der Waals surface area contributed by atoms with Crippen molar-refractivity contribution in [2.75, 3.05) is 36.0 Å². The van der Waals surface area contributed by atoms with E-state index in [0.717, 1.165) is 23.4 Å². The summed E-state index contributed by atoms with van der Waals surface area (Å²) in [6.45, 7) is 2.11. The minimum Gasteiger partial charge on any atom is -0.370 e. The fourth-order valence-electron chi connectivity index (χ4n) is 4.60.